The molecule has 0 saturated heterocycles. The van der Waals surface area contributed by atoms with Gasteiger partial charge in [-0.05, 0) is 49.6 Å². The quantitative estimate of drug-likeness (QED) is 0.769. The zero-order valence-electron chi connectivity index (χ0n) is 12.1. The topological polar surface area (TPSA) is 43.8 Å². The van der Waals surface area contributed by atoms with Gasteiger partial charge in [0, 0.05) is 0 Å². The van der Waals surface area contributed by atoms with Crippen LogP contribution in [-0.2, 0) is 6.54 Å². The molecule has 2 N–H and O–H groups in total. The highest BCUT2D eigenvalue weighted by molar-refractivity contribution is 5.80. The van der Waals surface area contributed by atoms with E-state index < -0.39 is 0 Å². The minimum Gasteiger partial charge on any atom is -0.369 e. The second-order valence-electron chi connectivity index (χ2n) is 5.47. The molecule has 0 atom stereocenters. The Hall–Kier alpha value is -2.29. The molecular weight excluding hydrogens is 246 g/mol. The monoisotopic (exact) mass is 265 g/mol. The van der Waals surface area contributed by atoms with Crippen molar-refractivity contribution in [3.05, 3.63) is 58.7 Å². The van der Waals surface area contributed by atoms with Crippen molar-refractivity contribution in [1.29, 1.82) is 0 Å². The van der Waals surface area contributed by atoms with Gasteiger partial charge in [0.2, 0.25) is 5.95 Å². The number of nitrogens with two attached hydrogens (primary N) is 1. The van der Waals surface area contributed by atoms with E-state index in [1.165, 1.54) is 22.3 Å². The van der Waals surface area contributed by atoms with Crippen molar-refractivity contribution < 1.29 is 0 Å². The van der Waals surface area contributed by atoms with E-state index in [4.69, 9.17) is 5.73 Å². The number of hydrogen-bond acceptors (Lipinski definition) is 2. The van der Waals surface area contributed by atoms with Crippen LogP contribution < -0.4 is 5.73 Å². The number of anilines is 1. The Balaban J connectivity index is 2.08. The molecule has 0 bridgehead atoms. The van der Waals surface area contributed by atoms with Crippen molar-refractivity contribution in [2.45, 2.75) is 27.3 Å². The molecule has 0 unspecified atom stereocenters. The first kappa shape index (κ1) is 12.7. The zero-order valence-corrected chi connectivity index (χ0v) is 12.1. The summed E-state index contributed by atoms with van der Waals surface area (Å²) in [5.41, 5.74) is 13.2. The maximum absolute atomic E-state index is 6.08. The van der Waals surface area contributed by atoms with Gasteiger partial charge in [-0.3, -0.25) is 0 Å². The van der Waals surface area contributed by atoms with Crippen LogP contribution >= 0.6 is 0 Å². The van der Waals surface area contributed by atoms with Crippen LogP contribution in [0, 0.1) is 20.8 Å². The summed E-state index contributed by atoms with van der Waals surface area (Å²) in [6.45, 7) is 7.07. The number of nitrogens with zero attached hydrogens (tertiary/aromatic N) is 2. The summed E-state index contributed by atoms with van der Waals surface area (Å²) in [7, 11) is 0. The molecule has 20 heavy (non-hydrogen) atoms. The van der Waals surface area contributed by atoms with Gasteiger partial charge >= 0.3 is 0 Å². The smallest absolute Gasteiger partial charge is 0.201 e. The van der Waals surface area contributed by atoms with Gasteiger partial charge in [0.1, 0.15) is 0 Å². The second-order valence-corrected chi connectivity index (χ2v) is 5.47. The Bertz CT molecular complexity index is 767. The molecule has 1 aromatic heterocycles. The van der Waals surface area contributed by atoms with Crippen molar-refractivity contribution in [2.24, 2.45) is 0 Å². The maximum Gasteiger partial charge on any atom is 0.201 e. The highest BCUT2D eigenvalue weighted by atomic mass is 15.1. The number of aryl methyl sites for hydroxylation is 3. The van der Waals surface area contributed by atoms with E-state index in [1.807, 2.05) is 0 Å². The molecule has 3 heteroatoms. The molecule has 0 spiro atoms. The summed E-state index contributed by atoms with van der Waals surface area (Å²) in [5, 5.41) is 0. The van der Waals surface area contributed by atoms with Crippen LogP contribution in [0.1, 0.15) is 22.3 Å². The van der Waals surface area contributed by atoms with Gasteiger partial charge in [0.05, 0.1) is 17.6 Å². The first-order valence-electron chi connectivity index (χ1n) is 6.83. The van der Waals surface area contributed by atoms with Crippen LogP contribution in [0.4, 0.5) is 5.95 Å². The Morgan fingerprint density at radius 1 is 1.00 bits per heavy atom. The van der Waals surface area contributed by atoms with Crippen LogP contribution in [0.15, 0.2) is 36.4 Å². The minimum atomic E-state index is 0.575. The number of hydrogen-bond donors (Lipinski definition) is 1. The maximum atomic E-state index is 6.08. The third-order valence-electron chi connectivity index (χ3n) is 3.85. The fraction of sp³-hybridized carbons (Fsp3) is 0.235. The Morgan fingerprint density at radius 3 is 2.35 bits per heavy atom. The average Bonchev–Trinajstić information content (AvgIpc) is 2.69. The van der Waals surface area contributed by atoms with Gasteiger partial charge in [-0.2, -0.15) is 0 Å². The predicted molar refractivity (Wildman–Crippen MR) is 83.9 cm³/mol. The predicted octanol–water partition coefficient (Wildman–Crippen LogP) is 3.59. The molecule has 3 rings (SSSR count). The molecule has 1 heterocycles. The third-order valence-corrected chi connectivity index (χ3v) is 3.85. The van der Waals surface area contributed by atoms with Gasteiger partial charge in [0.15, 0.2) is 0 Å². The lowest BCUT2D eigenvalue weighted by Crippen LogP contribution is -2.04. The summed E-state index contributed by atoms with van der Waals surface area (Å²) < 4.78 is 2.08. The standard InChI is InChI=1S/C17H19N3/c1-11-4-6-14(7-5-11)10-20-16-9-13(3)12(2)8-15(16)19-17(20)18/h4-9H,10H2,1-3H3,(H2,18,19). The summed E-state index contributed by atoms with van der Waals surface area (Å²) in [6.07, 6.45) is 0. The fourth-order valence-electron chi connectivity index (χ4n) is 2.44. The molecule has 0 radical (unpaired) electrons. The van der Waals surface area contributed by atoms with Crippen molar-refractivity contribution in [2.75, 3.05) is 5.73 Å². The molecule has 0 amide bonds. The molecule has 0 fully saturated rings. The van der Waals surface area contributed by atoms with Gasteiger partial charge < -0.3 is 10.3 Å². The SMILES string of the molecule is Cc1ccc(Cn2c(N)nc3cc(C)c(C)cc32)cc1. The normalized spacial score (nSPS) is 11.2. The molecule has 0 aliphatic carbocycles. The lowest BCUT2D eigenvalue weighted by molar-refractivity contribution is 0.837. The molecule has 102 valence electrons. The Morgan fingerprint density at radius 2 is 1.65 bits per heavy atom. The van der Waals surface area contributed by atoms with Crippen LogP contribution in [-0.4, -0.2) is 9.55 Å². The van der Waals surface area contributed by atoms with E-state index in [1.54, 1.807) is 0 Å². The van der Waals surface area contributed by atoms with Crippen molar-refractivity contribution in [1.82, 2.24) is 9.55 Å². The van der Waals surface area contributed by atoms with Crippen molar-refractivity contribution >= 4 is 17.0 Å². The van der Waals surface area contributed by atoms with Gasteiger partial charge in [-0.25, -0.2) is 4.98 Å². The first-order chi connectivity index (χ1) is 9.54. The molecule has 2 aromatic carbocycles. The largest absolute Gasteiger partial charge is 0.369 e. The Labute approximate surface area is 119 Å². The fourth-order valence-corrected chi connectivity index (χ4v) is 2.44. The van der Waals surface area contributed by atoms with E-state index in [2.05, 4.69) is 66.7 Å². The van der Waals surface area contributed by atoms with Crippen LogP contribution in [0.25, 0.3) is 11.0 Å². The number of aromatic nitrogens is 2. The molecule has 3 aromatic rings. The minimum absolute atomic E-state index is 0.575. The van der Waals surface area contributed by atoms with Crippen molar-refractivity contribution in [3.8, 4) is 0 Å². The Kier molecular flexibility index (Phi) is 2.97. The summed E-state index contributed by atoms with van der Waals surface area (Å²) in [4.78, 5) is 4.47. The molecule has 0 aliphatic rings. The third kappa shape index (κ3) is 2.16. The zero-order chi connectivity index (χ0) is 14.3. The van der Waals surface area contributed by atoms with Crippen LogP contribution in [0.3, 0.4) is 0 Å². The highest BCUT2D eigenvalue weighted by Crippen LogP contribution is 2.23. The van der Waals surface area contributed by atoms with E-state index in [-0.39, 0.29) is 0 Å². The van der Waals surface area contributed by atoms with E-state index in [0.29, 0.717) is 5.95 Å². The number of fused-ring (bicyclic) bond motifs is 1. The first-order valence-corrected chi connectivity index (χ1v) is 6.83. The second kappa shape index (κ2) is 4.67. The average molecular weight is 265 g/mol. The number of nitrogen functional groups attached to an aromatic ring is 1. The van der Waals surface area contributed by atoms with Crippen molar-refractivity contribution in [3.63, 3.8) is 0 Å². The number of imidazole rings is 1. The number of rotatable bonds is 2. The number of benzene rings is 2. The molecule has 3 nitrogen and oxygen atoms in total. The lowest BCUT2D eigenvalue weighted by Gasteiger charge is -2.08. The molecule has 0 aliphatic heterocycles. The lowest BCUT2D eigenvalue weighted by atomic mass is 10.1. The molecule has 0 saturated carbocycles. The van der Waals surface area contributed by atoms with Crippen LogP contribution in [0.5, 0.6) is 0 Å². The van der Waals surface area contributed by atoms with Gasteiger partial charge in [-0.1, -0.05) is 29.8 Å². The van der Waals surface area contributed by atoms with Gasteiger partial charge in [-0.15, -0.1) is 0 Å². The van der Waals surface area contributed by atoms with Crippen LogP contribution in [0.2, 0.25) is 0 Å². The summed E-state index contributed by atoms with van der Waals surface area (Å²) >= 11 is 0. The molecular formula is C17H19N3. The van der Waals surface area contributed by atoms with Gasteiger partial charge in [0.25, 0.3) is 0 Å². The summed E-state index contributed by atoms with van der Waals surface area (Å²) in [6, 6.07) is 12.8. The van der Waals surface area contributed by atoms with E-state index in [0.717, 1.165) is 17.6 Å². The summed E-state index contributed by atoms with van der Waals surface area (Å²) in [5.74, 6) is 0.575. The van der Waals surface area contributed by atoms with E-state index in [9.17, 15) is 0 Å². The highest BCUT2D eigenvalue weighted by Gasteiger charge is 2.10. The van der Waals surface area contributed by atoms with E-state index >= 15 is 0 Å².